The molecule has 4 rings (SSSR count). The molecular weight excluding hydrogens is 342 g/mol. The Bertz CT molecular complexity index is 1100. The van der Waals surface area contributed by atoms with Crippen LogP contribution in [0.2, 0.25) is 0 Å². The highest BCUT2D eigenvalue weighted by atomic mass is 16.3. The van der Waals surface area contributed by atoms with Crippen molar-refractivity contribution in [3.63, 3.8) is 0 Å². The van der Waals surface area contributed by atoms with Gasteiger partial charge in [0.15, 0.2) is 5.82 Å². The van der Waals surface area contributed by atoms with Gasteiger partial charge in [-0.2, -0.15) is 5.10 Å². The van der Waals surface area contributed by atoms with E-state index in [1.165, 1.54) is 0 Å². The summed E-state index contributed by atoms with van der Waals surface area (Å²) in [6.45, 7) is 1.84. The standard InChI is InChI=1S/C20H17N5O2/c1-14(18-10-6-12-27-18)23-24-19(26)13-25-17-9-3-2-7-15(17)22-20(25)16-8-4-5-11-21-16/h2-12H,13H2,1H3,(H,24,26)/b23-14+. The molecule has 1 amide bonds. The first kappa shape index (κ1) is 16.7. The van der Waals surface area contributed by atoms with Gasteiger partial charge in [0.05, 0.1) is 17.3 Å². The molecule has 3 heterocycles. The Morgan fingerprint density at radius 3 is 2.78 bits per heavy atom. The zero-order chi connectivity index (χ0) is 18.6. The minimum Gasteiger partial charge on any atom is -0.463 e. The average Bonchev–Trinajstić information content (AvgIpc) is 3.36. The third-order valence-electron chi connectivity index (χ3n) is 4.08. The minimum absolute atomic E-state index is 0.0708. The van der Waals surface area contributed by atoms with E-state index in [0.29, 0.717) is 23.0 Å². The van der Waals surface area contributed by atoms with E-state index in [-0.39, 0.29) is 12.5 Å². The van der Waals surface area contributed by atoms with Gasteiger partial charge >= 0.3 is 0 Å². The van der Waals surface area contributed by atoms with Crippen LogP contribution < -0.4 is 5.43 Å². The molecule has 0 unspecified atom stereocenters. The maximum atomic E-state index is 12.5. The normalized spacial score (nSPS) is 11.7. The van der Waals surface area contributed by atoms with Crippen molar-refractivity contribution >= 4 is 22.7 Å². The summed E-state index contributed by atoms with van der Waals surface area (Å²) >= 11 is 0. The highest BCUT2D eigenvalue weighted by Gasteiger charge is 2.15. The van der Waals surface area contributed by atoms with Gasteiger partial charge < -0.3 is 8.98 Å². The van der Waals surface area contributed by atoms with Crippen LogP contribution in [0.3, 0.4) is 0 Å². The van der Waals surface area contributed by atoms with Crippen LogP contribution in [0.1, 0.15) is 12.7 Å². The molecule has 0 saturated heterocycles. The SMILES string of the molecule is C/C(=N\NC(=O)Cn1c(-c2ccccn2)nc2ccccc21)c1ccco1. The number of amides is 1. The number of carbonyl (C=O) groups excluding carboxylic acids is 1. The fraction of sp³-hybridized carbons (Fsp3) is 0.100. The van der Waals surface area contributed by atoms with Crippen molar-refractivity contribution in [2.75, 3.05) is 0 Å². The van der Waals surface area contributed by atoms with Crippen molar-refractivity contribution in [2.45, 2.75) is 13.5 Å². The van der Waals surface area contributed by atoms with Crippen molar-refractivity contribution in [1.29, 1.82) is 0 Å². The zero-order valence-corrected chi connectivity index (χ0v) is 14.7. The van der Waals surface area contributed by atoms with E-state index in [9.17, 15) is 4.79 Å². The molecule has 0 bridgehead atoms. The van der Waals surface area contributed by atoms with Crippen LogP contribution in [-0.4, -0.2) is 26.2 Å². The first-order valence-electron chi connectivity index (χ1n) is 8.46. The lowest BCUT2D eigenvalue weighted by Crippen LogP contribution is -2.24. The monoisotopic (exact) mass is 359 g/mol. The van der Waals surface area contributed by atoms with E-state index >= 15 is 0 Å². The van der Waals surface area contributed by atoms with Crippen LogP contribution in [0, 0.1) is 0 Å². The van der Waals surface area contributed by atoms with E-state index in [0.717, 1.165) is 11.0 Å². The summed E-state index contributed by atoms with van der Waals surface area (Å²) < 4.78 is 7.10. The first-order chi connectivity index (χ1) is 13.2. The lowest BCUT2D eigenvalue weighted by Gasteiger charge is -2.08. The number of nitrogens with zero attached hydrogens (tertiary/aromatic N) is 4. The van der Waals surface area contributed by atoms with Gasteiger partial charge in [0.2, 0.25) is 0 Å². The number of hydrazone groups is 1. The molecule has 7 nitrogen and oxygen atoms in total. The smallest absolute Gasteiger partial charge is 0.260 e. The summed E-state index contributed by atoms with van der Waals surface area (Å²) in [4.78, 5) is 21.5. The molecule has 0 fully saturated rings. The molecule has 0 saturated carbocycles. The summed E-state index contributed by atoms with van der Waals surface area (Å²) in [5.41, 5.74) is 5.54. The van der Waals surface area contributed by atoms with Crippen molar-refractivity contribution in [2.24, 2.45) is 5.10 Å². The molecule has 3 aromatic heterocycles. The second-order valence-corrected chi connectivity index (χ2v) is 5.93. The summed E-state index contributed by atoms with van der Waals surface area (Å²) in [7, 11) is 0. The van der Waals surface area contributed by atoms with E-state index in [4.69, 9.17) is 4.42 Å². The quantitative estimate of drug-likeness (QED) is 0.438. The predicted molar refractivity (Wildman–Crippen MR) is 102 cm³/mol. The molecule has 1 N–H and O–H groups in total. The largest absolute Gasteiger partial charge is 0.463 e. The molecule has 1 aromatic carbocycles. The van der Waals surface area contributed by atoms with Gasteiger partial charge in [0.25, 0.3) is 5.91 Å². The van der Waals surface area contributed by atoms with Crippen LogP contribution in [0.15, 0.2) is 76.6 Å². The second kappa shape index (κ2) is 7.25. The molecular formula is C20H17N5O2. The van der Waals surface area contributed by atoms with Gasteiger partial charge in [-0.25, -0.2) is 10.4 Å². The molecule has 0 radical (unpaired) electrons. The molecule has 134 valence electrons. The Morgan fingerprint density at radius 2 is 2.00 bits per heavy atom. The fourth-order valence-electron chi connectivity index (χ4n) is 2.79. The van der Waals surface area contributed by atoms with Gasteiger partial charge in [-0.3, -0.25) is 9.78 Å². The molecule has 0 aliphatic rings. The predicted octanol–water partition coefficient (Wildman–Crippen LogP) is 3.23. The Hall–Kier alpha value is -3.74. The molecule has 7 heteroatoms. The lowest BCUT2D eigenvalue weighted by molar-refractivity contribution is -0.121. The molecule has 0 atom stereocenters. The number of nitrogens with one attached hydrogen (secondary N) is 1. The van der Waals surface area contributed by atoms with Crippen LogP contribution in [0.25, 0.3) is 22.6 Å². The van der Waals surface area contributed by atoms with E-state index < -0.39 is 0 Å². The maximum absolute atomic E-state index is 12.5. The number of benzene rings is 1. The molecule has 27 heavy (non-hydrogen) atoms. The number of fused-ring (bicyclic) bond motifs is 1. The van der Waals surface area contributed by atoms with Gasteiger partial charge in [0, 0.05) is 6.20 Å². The maximum Gasteiger partial charge on any atom is 0.260 e. The van der Waals surface area contributed by atoms with Crippen LogP contribution in [0.5, 0.6) is 0 Å². The number of aromatic nitrogens is 3. The highest BCUT2D eigenvalue weighted by Crippen LogP contribution is 2.23. The van der Waals surface area contributed by atoms with Crippen LogP contribution >= 0.6 is 0 Å². The molecule has 0 spiro atoms. The minimum atomic E-state index is -0.263. The number of furan rings is 1. The number of carbonyl (C=O) groups is 1. The molecule has 0 aliphatic heterocycles. The zero-order valence-electron chi connectivity index (χ0n) is 14.7. The summed E-state index contributed by atoms with van der Waals surface area (Å²) in [5, 5.41) is 4.10. The van der Waals surface area contributed by atoms with Crippen LogP contribution in [-0.2, 0) is 11.3 Å². The van der Waals surface area contributed by atoms with Gasteiger partial charge in [0.1, 0.15) is 23.7 Å². The van der Waals surface area contributed by atoms with E-state index in [1.807, 2.05) is 47.0 Å². The Morgan fingerprint density at radius 1 is 1.15 bits per heavy atom. The first-order valence-corrected chi connectivity index (χ1v) is 8.46. The Labute approximate surface area is 155 Å². The van der Waals surface area contributed by atoms with Gasteiger partial charge in [-0.1, -0.05) is 18.2 Å². The number of para-hydroxylation sites is 2. The number of hydrogen-bond donors (Lipinski definition) is 1. The van der Waals surface area contributed by atoms with Crippen molar-refractivity contribution in [3.8, 4) is 11.5 Å². The topological polar surface area (TPSA) is 85.3 Å². The summed E-state index contributed by atoms with van der Waals surface area (Å²) in [5.74, 6) is 0.984. The summed E-state index contributed by atoms with van der Waals surface area (Å²) in [6, 6.07) is 16.8. The highest BCUT2D eigenvalue weighted by molar-refractivity contribution is 5.96. The van der Waals surface area contributed by atoms with Gasteiger partial charge in [-0.15, -0.1) is 0 Å². The van der Waals surface area contributed by atoms with E-state index in [2.05, 4.69) is 20.5 Å². The van der Waals surface area contributed by atoms with Crippen LogP contribution in [0.4, 0.5) is 0 Å². The number of rotatable bonds is 5. The van der Waals surface area contributed by atoms with Crippen molar-refractivity contribution in [3.05, 3.63) is 72.8 Å². The number of imidazole rings is 1. The second-order valence-electron chi connectivity index (χ2n) is 5.93. The van der Waals surface area contributed by atoms with Gasteiger partial charge in [-0.05, 0) is 43.3 Å². The van der Waals surface area contributed by atoms with Crippen molar-refractivity contribution in [1.82, 2.24) is 20.0 Å². The molecule has 4 aromatic rings. The fourth-order valence-corrected chi connectivity index (χ4v) is 2.79. The molecule has 0 aliphatic carbocycles. The number of pyridine rings is 1. The number of hydrogen-bond acceptors (Lipinski definition) is 5. The van der Waals surface area contributed by atoms with E-state index in [1.54, 1.807) is 31.5 Å². The Balaban J connectivity index is 1.63. The third-order valence-corrected chi connectivity index (χ3v) is 4.08. The summed E-state index contributed by atoms with van der Waals surface area (Å²) in [6.07, 6.45) is 3.27. The Kier molecular flexibility index (Phi) is 4.49. The third kappa shape index (κ3) is 3.48. The lowest BCUT2D eigenvalue weighted by atomic mass is 10.3. The van der Waals surface area contributed by atoms with Crippen molar-refractivity contribution < 1.29 is 9.21 Å². The average molecular weight is 359 g/mol.